The van der Waals surface area contributed by atoms with Crippen LogP contribution in [0.2, 0.25) is 5.02 Å². The Morgan fingerprint density at radius 2 is 1.86 bits per heavy atom. The molecule has 0 saturated carbocycles. The highest BCUT2D eigenvalue weighted by Gasteiger charge is 2.24. The highest BCUT2D eigenvalue weighted by atomic mass is 35.5. The predicted octanol–water partition coefficient (Wildman–Crippen LogP) is 2.65. The van der Waals surface area contributed by atoms with E-state index in [2.05, 4.69) is 26.6 Å². The number of likely N-dealkylation sites (tertiary alicyclic amines) is 2. The number of hydrogen-bond donors (Lipinski definition) is 2. The third kappa shape index (κ3) is 5.85. The third-order valence-corrected chi connectivity index (χ3v) is 5.69. The van der Waals surface area contributed by atoms with Crippen molar-refractivity contribution >= 4 is 23.5 Å². The van der Waals surface area contributed by atoms with Crippen LogP contribution in [-0.4, -0.2) is 67.5 Å². The fourth-order valence-corrected chi connectivity index (χ4v) is 4.17. The van der Waals surface area contributed by atoms with Gasteiger partial charge in [0.05, 0.1) is 6.04 Å². The van der Waals surface area contributed by atoms with Crippen molar-refractivity contribution in [1.29, 1.82) is 0 Å². The monoisotopic (exact) mass is 405 g/mol. The Hall–Kier alpha value is -1.79. The molecule has 1 amide bonds. The SMILES string of the molecule is CCNC(=NCC(=O)N1CCCC1)NCC(c1cccc(Cl)c1)N1CCCC1. The Balaban J connectivity index is 1.64. The summed E-state index contributed by atoms with van der Waals surface area (Å²) in [6, 6.07) is 8.34. The Bertz CT molecular complexity index is 669. The first-order chi connectivity index (χ1) is 13.7. The van der Waals surface area contributed by atoms with Crippen LogP contribution in [-0.2, 0) is 4.79 Å². The molecule has 2 fully saturated rings. The maximum absolute atomic E-state index is 12.3. The first-order valence-electron chi connectivity index (χ1n) is 10.5. The van der Waals surface area contributed by atoms with Gasteiger partial charge in [-0.05, 0) is 63.4 Å². The van der Waals surface area contributed by atoms with Gasteiger partial charge in [0.25, 0.3) is 0 Å². The molecule has 3 rings (SSSR count). The van der Waals surface area contributed by atoms with Crippen LogP contribution in [0.3, 0.4) is 0 Å². The van der Waals surface area contributed by atoms with Crippen molar-refractivity contribution in [3.8, 4) is 0 Å². The zero-order chi connectivity index (χ0) is 19.8. The van der Waals surface area contributed by atoms with Crippen LogP contribution < -0.4 is 10.6 Å². The molecule has 1 aromatic carbocycles. The number of nitrogens with one attached hydrogen (secondary N) is 2. The summed E-state index contributed by atoms with van der Waals surface area (Å²) >= 11 is 6.24. The maximum Gasteiger partial charge on any atom is 0.244 e. The molecule has 2 aliphatic rings. The summed E-state index contributed by atoms with van der Waals surface area (Å²) in [5.41, 5.74) is 1.21. The zero-order valence-corrected chi connectivity index (χ0v) is 17.5. The lowest BCUT2D eigenvalue weighted by Crippen LogP contribution is -2.43. The molecule has 1 aromatic rings. The molecule has 2 aliphatic heterocycles. The molecule has 0 bridgehead atoms. The normalized spacial score (nSPS) is 19.1. The number of carbonyl (C=O) groups is 1. The topological polar surface area (TPSA) is 60.0 Å². The lowest BCUT2D eigenvalue weighted by atomic mass is 10.1. The van der Waals surface area contributed by atoms with Crippen LogP contribution in [0.4, 0.5) is 0 Å². The lowest BCUT2D eigenvalue weighted by molar-refractivity contribution is -0.128. The van der Waals surface area contributed by atoms with Gasteiger partial charge in [-0.2, -0.15) is 0 Å². The smallest absolute Gasteiger partial charge is 0.244 e. The van der Waals surface area contributed by atoms with E-state index in [1.807, 2.05) is 30.0 Å². The van der Waals surface area contributed by atoms with E-state index in [1.54, 1.807) is 0 Å². The van der Waals surface area contributed by atoms with Gasteiger partial charge in [-0.3, -0.25) is 9.69 Å². The molecule has 0 radical (unpaired) electrons. The number of rotatable bonds is 7. The van der Waals surface area contributed by atoms with Gasteiger partial charge in [0.2, 0.25) is 5.91 Å². The highest BCUT2D eigenvalue weighted by molar-refractivity contribution is 6.30. The summed E-state index contributed by atoms with van der Waals surface area (Å²) in [6.45, 7) is 7.64. The van der Waals surface area contributed by atoms with Gasteiger partial charge in [-0.15, -0.1) is 0 Å². The summed E-state index contributed by atoms with van der Waals surface area (Å²) in [7, 11) is 0. The Labute approximate surface area is 173 Å². The third-order valence-electron chi connectivity index (χ3n) is 5.45. The molecule has 6 nitrogen and oxygen atoms in total. The van der Waals surface area contributed by atoms with Gasteiger partial charge in [0, 0.05) is 31.2 Å². The van der Waals surface area contributed by atoms with Crippen molar-refractivity contribution in [3.05, 3.63) is 34.9 Å². The number of aliphatic imine (C=N–C) groups is 1. The van der Waals surface area contributed by atoms with E-state index in [9.17, 15) is 4.79 Å². The molecule has 1 atom stereocenters. The van der Waals surface area contributed by atoms with Crippen LogP contribution in [0, 0.1) is 0 Å². The van der Waals surface area contributed by atoms with Crippen molar-refractivity contribution in [2.24, 2.45) is 4.99 Å². The predicted molar refractivity (Wildman–Crippen MR) is 115 cm³/mol. The Kier molecular flexibility index (Phi) is 7.98. The summed E-state index contributed by atoms with van der Waals surface area (Å²) in [6.07, 6.45) is 4.67. The molecule has 2 N–H and O–H groups in total. The van der Waals surface area contributed by atoms with E-state index in [1.165, 1.54) is 18.4 Å². The molecule has 2 saturated heterocycles. The van der Waals surface area contributed by atoms with Crippen LogP contribution in [0.25, 0.3) is 0 Å². The molecule has 0 spiro atoms. The average molecular weight is 406 g/mol. The first kappa shape index (κ1) is 20.9. The van der Waals surface area contributed by atoms with E-state index in [-0.39, 0.29) is 18.5 Å². The van der Waals surface area contributed by atoms with E-state index >= 15 is 0 Å². The highest BCUT2D eigenvalue weighted by Crippen LogP contribution is 2.26. The Morgan fingerprint density at radius 1 is 1.14 bits per heavy atom. The number of nitrogens with zero attached hydrogens (tertiary/aromatic N) is 3. The molecule has 0 aromatic heterocycles. The number of halogens is 1. The molecule has 7 heteroatoms. The molecular formula is C21H32ClN5O. The largest absolute Gasteiger partial charge is 0.357 e. The Morgan fingerprint density at radius 3 is 2.54 bits per heavy atom. The van der Waals surface area contributed by atoms with Crippen LogP contribution in [0.5, 0.6) is 0 Å². The number of amides is 1. The van der Waals surface area contributed by atoms with Crippen LogP contribution >= 0.6 is 11.6 Å². The van der Waals surface area contributed by atoms with Crippen molar-refractivity contribution in [2.45, 2.75) is 38.6 Å². The van der Waals surface area contributed by atoms with Crippen molar-refractivity contribution < 1.29 is 4.79 Å². The second kappa shape index (κ2) is 10.7. The van der Waals surface area contributed by atoms with Crippen molar-refractivity contribution in [2.75, 3.05) is 45.8 Å². The molecule has 154 valence electrons. The van der Waals surface area contributed by atoms with Crippen molar-refractivity contribution in [1.82, 2.24) is 20.4 Å². The van der Waals surface area contributed by atoms with Gasteiger partial charge < -0.3 is 15.5 Å². The van der Waals surface area contributed by atoms with Gasteiger partial charge in [0.15, 0.2) is 5.96 Å². The number of carbonyl (C=O) groups excluding carboxylic acids is 1. The van der Waals surface area contributed by atoms with Crippen LogP contribution in [0.1, 0.15) is 44.2 Å². The van der Waals surface area contributed by atoms with Crippen LogP contribution in [0.15, 0.2) is 29.3 Å². The van der Waals surface area contributed by atoms with E-state index in [0.29, 0.717) is 5.96 Å². The average Bonchev–Trinajstić information content (AvgIpc) is 3.40. The second-order valence-electron chi connectivity index (χ2n) is 7.48. The standard InChI is InChI=1S/C21H32ClN5O/c1-2-23-21(25-16-20(28)27-12-5-6-13-27)24-15-19(26-10-3-4-11-26)17-8-7-9-18(22)14-17/h7-9,14,19H,2-6,10-13,15-16H2,1H3,(H2,23,24,25). The zero-order valence-electron chi connectivity index (χ0n) is 16.8. The summed E-state index contributed by atoms with van der Waals surface area (Å²) in [5.74, 6) is 0.807. The molecule has 28 heavy (non-hydrogen) atoms. The minimum absolute atomic E-state index is 0.112. The summed E-state index contributed by atoms with van der Waals surface area (Å²) in [4.78, 5) is 21.2. The van der Waals surface area contributed by atoms with E-state index < -0.39 is 0 Å². The second-order valence-corrected chi connectivity index (χ2v) is 7.91. The van der Waals surface area contributed by atoms with E-state index in [4.69, 9.17) is 11.6 Å². The lowest BCUT2D eigenvalue weighted by Gasteiger charge is -2.29. The number of hydrogen-bond acceptors (Lipinski definition) is 3. The minimum Gasteiger partial charge on any atom is -0.357 e. The molecule has 0 aliphatic carbocycles. The van der Waals surface area contributed by atoms with Crippen molar-refractivity contribution in [3.63, 3.8) is 0 Å². The fraction of sp³-hybridized carbons (Fsp3) is 0.619. The summed E-state index contributed by atoms with van der Waals surface area (Å²) < 4.78 is 0. The number of guanidine groups is 1. The minimum atomic E-state index is 0.112. The van der Waals surface area contributed by atoms with E-state index in [0.717, 1.165) is 57.1 Å². The van der Waals surface area contributed by atoms with Gasteiger partial charge >= 0.3 is 0 Å². The van der Waals surface area contributed by atoms with Gasteiger partial charge in [-0.1, -0.05) is 23.7 Å². The molecular weight excluding hydrogens is 374 g/mol. The van der Waals surface area contributed by atoms with Gasteiger partial charge in [-0.25, -0.2) is 4.99 Å². The first-order valence-corrected chi connectivity index (χ1v) is 10.8. The molecule has 2 heterocycles. The molecule has 1 unspecified atom stereocenters. The maximum atomic E-state index is 12.3. The number of benzene rings is 1. The summed E-state index contributed by atoms with van der Waals surface area (Å²) in [5, 5.41) is 7.47. The van der Waals surface area contributed by atoms with Gasteiger partial charge in [0.1, 0.15) is 6.54 Å². The quantitative estimate of drug-likeness (QED) is 0.540. The fourth-order valence-electron chi connectivity index (χ4n) is 3.97.